The zero-order valence-corrected chi connectivity index (χ0v) is 13.1. The molecule has 0 fully saturated rings. The first kappa shape index (κ1) is 15.5. The molecule has 18 heavy (non-hydrogen) atoms. The highest BCUT2D eigenvalue weighted by Gasteiger charge is 2.60. The quantitative estimate of drug-likeness (QED) is 0.719. The van der Waals surface area contributed by atoms with Crippen LogP contribution in [0, 0.1) is 5.41 Å². The average Bonchev–Trinajstić information content (AvgIpc) is 2.45. The summed E-state index contributed by atoms with van der Waals surface area (Å²) in [4.78, 5) is 0. The largest absolute Gasteiger partial charge is 0.285 e. The van der Waals surface area contributed by atoms with Crippen molar-refractivity contribution in [2.45, 2.75) is 91.1 Å². The molecule has 1 aliphatic heterocycles. The van der Waals surface area contributed by atoms with Crippen molar-refractivity contribution in [3.8, 4) is 0 Å². The number of hydrogen-bond acceptors (Lipinski definition) is 3. The molecule has 0 aliphatic carbocycles. The minimum absolute atomic E-state index is 0.00771. The lowest BCUT2D eigenvalue weighted by molar-refractivity contribution is -0.0500. The van der Waals surface area contributed by atoms with Gasteiger partial charge in [-0.05, 0) is 38.5 Å². The summed E-state index contributed by atoms with van der Waals surface area (Å²) in [6.07, 6.45) is 6.73. The Balaban J connectivity index is 3.46. The maximum absolute atomic E-state index is 4.70. The fraction of sp³-hybridized carbons (Fsp3) is 1.00. The van der Waals surface area contributed by atoms with Crippen LogP contribution in [-0.4, -0.2) is 11.1 Å². The molecule has 3 nitrogen and oxygen atoms in total. The normalized spacial score (nSPS) is 23.7. The van der Waals surface area contributed by atoms with Crippen LogP contribution in [0.25, 0.3) is 0 Å². The Hall–Kier alpha value is -0.600. The molecule has 0 spiro atoms. The monoisotopic (exact) mass is 253 g/mol. The molecule has 106 valence electrons. The third-order valence-electron chi connectivity index (χ3n) is 5.90. The maximum atomic E-state index is 4.70. The van der Waals surface area contributed by atoms with Crippen LogP contribution in [0.4, 0.5) is 0 Å². The van der Waals surface area contributed by atoms with E-state index in [1.54, 1.807) is 0 Å². The van der Waals surface area contributed by atoms with E-state index in [4.69, 9.17) is 5.11 Å². The van der Waals surface area contributed by atoms with Crippen LogP contribution in [0.15, 0.2) is 10.3 Å². The van der Waals surface area contributed by atoms with Gasteiger partial charge in [0.1, 0.15) is 0 Å². The van der Waals surface area contributed by atoms with Crippen LogP contribution >= 0.6 is 0 Å². The molecule has 1 heterocycles. The molecule has 3 heteroatoms. The predicted octanol–water partition coefficient (Wildman–Crippen LogP) is 4.88. The molecule has 0 saturated heterocycles. The molecule has 0 bridgehead atoms. The molecule has 0 aromatic carbocycles. The van der Waals surface area contributed by atoms with Crippen molar-refractivity contribution in [2.24, 2.45) is 15.8 Å². The van der Waals surface area contributed by atoms with Crippen molar-refractivity contribution < 1.29 is 0 Å². The van der Waals surface area contributed by atoms with Crippen LogP contribution in [0.5, 0.6) is 0 Å². The van der Waals surface area contributed by atoms with Gasteiger partial charge in [-0.3, -0.25) is 5.43 Å². The standard InChI is InChI=1S/C15H31N3/c1-7-13(8-2)14(9-3,10-4)16-18-17-15(13,11-5)12-6/h7-12H2,1-6H3,(H,16,17). The molecular weight excluding hydrogens is 222 g/mol. The van der Waals surface area contributed by atoms with Crippen molar-refractivity contribution in [1.82, 2.24) is 5.43 Å². The van der Waals surface area contributed by atoms with E-state index in [9.17, 15) is 0 Å². The van der Waals surface area contributed by atoms with Crippen molar-refractivity contribution in [3.05, 3.63) is 0 Å². The number of rotatable bonds is 6. The molecule has 1 aliphatic rings. The van der Waals surface area contributed by atoms with Crippen molar-refractivity contribution in [3.63, 3.8) is 0 Å². The Morgan fingerprint density at radius 1 is 0.722 bits per heavy atom. The summed E-state index contributed by atoms with van der Waals surface area (Å²) in [6.45, 7) is 13.8. The van der Waals surface area contributed by atoms with Gasteiger partial charge in [-0.1, -0.05) is 46.8 Å². The number of nitrogens with one attached hydrogen (secondary N) is 1. The van der Waals surface area contributed by atoms with Crippen LogP contribution in [0.3, 0.4) is 0 Å². The van der Waals surface area contributed by atoms with Crippen LogP contribution < -0.4 is 5.43 Å². The Kier molecular flexibility index (Phi) is 4.79. The highest BCUT2D eigenvalue weighted by Crippen LogP contribution is 2.56. The fourth-order valence-corrected chi connectivity index (χ4v) is 4.60. The summed E-state index contributed by atoms with van der Waals surface area (Å²) in [5, 5.41) is 9.03. The molecule has 0 unspecified atom stereocenters. The van der Waals surface area contributed by atoms with E-state index in [0.717, 1.165) is 25.7 Å². The highest BCUT2D eigenvalue weighted by molar-refractivity contribution is 5.15. The summed E-state index contributed by atoms with van der Waals surface area (Å²) in [5.41, 5.74) is 3.73. The van der Waals surface area contributed by atoms with E-state index < -0.39 is 0 Å². The molecule has 0 saturated carbocycles. The number of nitrogens with zero attached hydrogens (tertiary/aromatic N) is 2. The van der Waals surface area contributed by atoms with Crippen molar-refractivity contribution in [1.29, 1.82) is 0 Å². The van der Waals surface area contributed by atoms with Gasteiger partial charge >= 0.3 is 0 Å². The Morgan fingerprint density at radius 3 is 1.56 bits per heavy atom. The molecule has 0 aromatic rings. The van der Waals surface area contributed by atoms with Gasteiger partial charge in [-0.25, -0.2) is 0 Å². The maximum Gasteiger partial charge on any atom is 0.0910 e. The fourth-order valence-electron chi connectivity index (χ4n) is 4.60. The second-order valence-electron chi connectivity index (χ2n) is 5.63. The van der Waals surface area contributed by atoms with Gasteiger partial charge < -0.3 is 0 Å². The molecular formula is C15H31N3. The van der Waals surface area contributed by atoms with Gasteiger partial charge in [0.2, 0.25) is 0 Å². The van der Waals surface area contributed by atoms with Gasteiger partial charge in [-0.15, -0.1) is 0 Å². The smallest absolute Gasteiger partial charge is 0.0910 e. The summed E-state index contributed by atoms with van der Waals surface area (Å²) in [5.74, 6) is 0. The highest BCUT2D eigenvalue weighted by atomic mass is 15.5. The second kappa shape index (κ2) is 5.58. The molecule has 1 N–H and O–H groups in total. The molecule has 0 atom stereocenters. The molecule has 1 rings (SSSR count). The van der Waals surface area contributed by atoms with Crippen molar-refractivity contribution in [2.75, 3.05) is 0 Å². The Bertz CT molecular complexity index is 284. The molecule has 0 aromatic heterocycles. The van der Waals surface area contributed by atoms with E-state index in [1.165, 1.54) is 12.8 Å². The van der Waals surface area contributed by atoms with Gasteiger partial charge in [-0.2, -0.15) is 5.11 Å². The van der Waals surface area contributed by atoms with Gasteiger partial charge in [0, 0.05) is 5.41 Å². The molecule has 0 radical (unpaired) electrons. The van der Waals surface area contributed by atoms with E-state index >= 15 is 0 Å². The summed E-state index contributed by atoms with van der Waals surface area (Å²) < 4.78 is 0. The lowest BCUT2D eigenvalue weighted by atomic mass is 9.52. The topological polar surface area (TPSA) is 36.8 Å². The van der Waals surface area contributed by atoms with E-state index in [0.29, 0.717) is 0 Å². The van der Waals surface area contributed by atoms with Crippen molar-refractivity contribution >= 4 is 0 Å². The minimum atomic E-state index is 0.00771. The van der Waals surface area contributed by atoms with E-state index in [1.807, 2.05) is 0 Å². The zero-order chi connectivity index (χ0) is 13.9. The predicted molar refractivity (Wildman–Crippen MR) is 77.6 cm³/mol. The minimum Gasteiger partial charge on any atom is -0.285 e. The van der Waals surface area contributed by atoms with Gasteiger partial charge in [0.15, 0.2) is 0 Å². The van der Waals surface area contributed by atoms with Crippen LogP contribution in [0.2, 0.25) is 0 Å². The first-order valence-electron chi connectivity index (χ1n) is 7.76. The first-order chi connectivity index (χ1) is 8.57. The molecule has 0 amide bonds. The summed E-state index contributed by atoms with van der Waals surface area (Å²) >= 11 is 0. The zero-order valence-electron chi connectivity index (χ0n) is 13.1. The van der Waals surface area contributed by atoms with Gasteiger partial charge in [0.25, 0.3) is 0 Å². The second-order valence-corrected chi connectivity index (χ2v) is 5.63. The Morgan fingerprint density at radius 2 is 1.22 bits per heavy atom. The third-order valence-corrected chi connectivity index (χ3v) is 5.90. The van der Waals surface area contributed by atoms with Gasteiger partial charge in [0.05, 0.1) is 11.1 Å². The van der Waals surface area contributed by atoms with Crippen LogP contribution in [-0.2, 0) is 0 Å². The summed E-state index contributed by atoms with van der Waals surface area (Å²) in [6, 6.07) is 0. The lowest BCUT2D eigenvalue weighted by Gasteiger charge is -2.59. The van der Waals surface area contributed by atoms with E-state index in [-0.39, 0.29) is 16.5 Å². The number of hydrogen-bond donors (Lipinski definition) is 1. The third kappa shape index (κ3) is 1.70. The van der Waals surface area contributed by atoms with E-state index in [2.05, 4.69) is 52.2 Å². The van der Waals surface area contributed by atoms with Crippen LogP contribution in [0.1, 0.15) is 80.1 Å². The first-order valence-corrected chi connectivity index (χ1v) is 7.76. The average molecular weight is 253 g/mol. The Labute approximate surface area is 113 Å². The lowest BCUT2D eigenvalue weighted by Crippen LogP contribution is -2.67. The SMILES string of the molecule is CCC1(CC)N=NNC(CC)(CC)C1(CC)CC. The summed E-state index contributed by atoms with van der Waals surface area (Å²) in [7, 11) is 0.